The van der Waals surface area contributed by atoms with Crippen LogP contribution in [0.5, 0.6) is 0 Å². The molecule has 2 nitrogen and oxygen atoms in total. The summed E-state index contributed by atoms with van der Waals surface area (Å²) < 4.78 is 26.1. The SMILES string of the molecule is O=C1c2ccccc2NC=CC1(F)F. The second kappa shape index (κ2) is 2.90. The molecular weight excluding hydrogens is 188 g/mol. The number of halogens is 2. The maximum absolute atomic E-state index is 13.1. The topological polar surface area (TPSA) is 29.1 Å². The van der Waals surface area contributed by atoms with Crippen LogP contribution < -0.4 is 5.32 Å². The Balaban J connectivity index is 2.58. The zero-order valence-electron chi connectivity index (χ0n) is 7.13. The van der Waals surface area contributed by atoms with Crippen molar-refractivity contribution in [3.63, 3.8) is 0 Å². The molecule has 1 aliphatic heterocycles. The van der Waals surface area contributed by atoms with E-state index in [9.17, 15) is 13.6 Å². The standard InChI is InChI=1S/C10H7F2NO/c11-10(12)5-6-13-8-4-2-1-3-7(8)9(10)14/h1-6,13H. The first-order valence-corrected chi connectivity index (χ1v) is 4.07. The molecule has 1 heterocycles. The van der Waals surface area contributed by atoms with Crippen LogP contribution in [0.1, 0.15) is 10.4 Å². The number of benzene rings is 1. The third-order valence-corrected chi connectivity index (χ3v) is 2.01. The van der Waals surface area contributed by atoms with Crippen molar-refractivity contribution in [3.05, 3.63) is 42.1 Å². The lowest BCUT2D eigenvalue weighted by Crippen LogP contribution is -2.25. The van der Waals surface area contributed by atoms with Crippen LogP contribution in [0.3, 0.4) is 0 Å². The lowest BCUT2D eigenvalue weighted by atomic mass is 10.0. The number of hydrogen-bond donors (Lipinski definition) is 1. The second-order valence-electron chi connectivity index (χ2n) is 2.98. The van der Waals surface area contributed by atoms with Gasteiger partial charge in [0.2, 0.25) is 5.78 Å². The van der Waals surface area contributed by atoms with Crippen molar-refractivity contribution in [2.75, 3.05) is 5.32 Å². The molecule has 0 bridgehead atoms. The summed E-state index contributed by atoms with van der Waals surface area (Å²) in [6.07, 6.45) is 1.65. The molecule has 1 aromatic carbocycles. The highest BCUT2D eigenvalue weighted by molar-refractivity contribution is 6.07. The fourth-order valence-corrected chi connectivity index (χ4v) is 1.30. The number of Topliss-reactive ketones (excluding diaryl/α,β-unsaturated/α-hetero) is 1. The molecule has 0 aliphatic carbocycles. The Labute approximate surface area is 79.2 Å². The third-order valence-electron chi connectivity index (χ3n) is 2.01. The van der Waals surface area contributed by atoms with Crippen molar-refractivity contribution in [2.45, 2.75) is 5.92 Å². The van der Waals surface area contributed by atoms with Crippen LogP contribution in [0, 0.1) is 0 Å². The highest BCUT2D eigenvalue weighted by Gasteiger charge is 2.38. The number of anilines is 1. The number of para-hydroxylation sites is 1. The van der Waals surface area contributed by atoms with Crippen LogP contribution in [-0.2, 0) is 0 Å². The summed E-state index contributed by atoms with van der Waals surface area (Å²) in [6, 6.07) is 6.20. The molecule has 0 atom stereocenters. The van der Waals surface area contributed by atoms with Crippen LogP contribution in [0.15, 0.2) is 36.5 Å². The van der Waals surface area contributed by atoms with Crippen LogP contribution in [0.25, 0.3) is 0 Å². The average molecular weight is 195 g/mol. The van der Waals surface area contributed by atoms with Crippen LogP contribution in [0.4, 0.5) is 14.5 Å². The number of ketones is 1. The molecule has 0 radical (unpaired) electrons. The first-order chi connectivity index (χ1) is 6.61. The molecule has 14 heavy (non-hydrogen) atoms. The van der Waals surface area contributed by atoms with Gasteiger partial charge in [-0.15, -0.1) is 0 Å². The number of carbonyl (C=O) groups excluding carboxylic acids is 1. The van der Waals surface area contributed by atoms with Gasteiger partial charge in [0.1, 0.15) is 0 Å². The number of rotatable bonds is 0. The normalized spacial score (nSPS) is 18.3. The Morgan fingerprint density at radius 2 is 1.93 bits per heavy atom. The van der Waals surface area contributed by atoms with E-state index in [2.05, 4.69) is 5.32 Å². The molecule has 4 heteroatoms. The summed E-state index contributed by atoms with van der Waals surface area (Å²) in [5.41, 5.74) is 0.424. The Morgan fingerprint density at radius 1 is 1.21 bits per heavy atom. The van der Waals surface area contributed by atoms with Gasteiger partial charge < -0.3 is 5.32 Å². The summed E-state index contributed by atoms with van der Waals surface area (Å²) in [6.45, 7) is 0. The lowest BCUT2D eigenvalue weighted by Gasteiger charge is -2.09. The predicted molar refractivity (Wildman–Crippen MR) is 48.5 cm³/mol. The van der Waals surface area contributed by atoms with E-state index in [1.165, 1.54) is 6.07 Å². The van der Waals surface area contributed by atoms with E-state index in [1.54, 1.807) is 18.2 Å². The zero-order valence-corrected chi connectivity index (χ0v) is 7.13. The van der Waals surface area contributed by atoms with Gasteiger partial charge in [-0.25, -0.2) is 0 Å². The third kappa shape index (κ3) is 1.28. The Bertz CT molecular complexity index is 412. The first-order valence-electron chi connectivity index (χ1n) is 4.07. The monoisotopic (exact) mass is 195 g/mol. The number of alkyl halides is 2. The molecule has 0 saturated heterocycles. The van der Waals surface area contributed by atoms with Gasteiger partial charge in [-0.2, -0.15) is 8.78 Å². The Morgan fingerprint density at radius 3 is 2.71 bits per heavy atom. The molecule has 2 rings (SSSR count). The first kappa shape index (κ1) is 8.87. The average Bonchev–Trinajstić information content (AvgIpc) is 2.27. The van der Waals surface area contributed by atoms with Crippen molar-refractivity contribution < 1.29 is 13.6 Å². The largest absolute Gasteiger partial charge is 0.361 e. The summed E-state index contributed by atoms with van der Waals surface area (Å²) >= 11 is 0. The smallest absolute Gasteiger partial charge is 0.329 e. The molecule has 0 fully saturated rings. The van der Waals surface area contributed by atoms with Gasteiger partial charge >= 0.3 is 5.92 Å². The predicted octanol–water partition coefficient (Wildman–Crippen LogP) is 2.44. The minimum atomic E-state index is -3.42. The van der Waals surface area contributed by atoms with Crippen molar-refractivity contribution in [1.29, 1.82) is 0 Å². The number of carbonyl (C=O) groups is 1. The number of allylic oxidation sites excluding steroid dienone is 1. The summed E-state index contributed by atoms with van der Waals surface area (Å²) in [4.78, 5) is 11.3. The van der Waals surface area contributed by atoms with E-state index in [4.69, 9.17) is 0 Å². The summed E-state index contributed by atoms with van der Waals surface area (Å²) in [5, 5.41) is 2.63. The lowest BCUT2D eigenvalue weighted by molar-refractivity contribution is 0.0384. The van der Waals surface area contributed by atoms with E-state index in [0.29, 0.717) is 11.8 Å². The van der Waals surface area contributed by atoms with Crippen molar-refractivity contribution in [3.8, 4) is 0 Å². The maximum atomic E-state index is 13.1. The quantitative estimate of drug-likeness (QED) is 0.688. The maximum Gasteiger partial charge on any atom is 0.329 e. The molecule has 72 valence electrons. The molecule has 0 unspecified atom stereocenters. The highest BCUT2D eigenvalue weighted by atomic mass is 19.3. The summed E-state index contributed by atoms with van der Waals surface area (Å²) in [5.74, 6) is -4.59. The fraction of sp³-hybridized carbons (Fsp3) is 0.100. The van der Waals surface area contributed by atoms with E-state index in [0.717, 1.165) is 6.20 Å². The van der Waals surface area contributed by atoms with Crippen molar-refractivity contribution in [2.24, 2.45) is 0 Å². The van der Waals surface area contributed by atoms with Gasteiger partial charge in [-0.05, 0) is 12.1 Å². The van der Waals surface area contributed by atoms with Crippen molar-refractivity contribution >= 4 is 11.5 Å². The van der Waals surface area contributed by atoms with E-state index < -0.39 is 11.7 Å². The molecule has 1 N–H and O–H groups in total. The number of hydrogen-bond acceptors (Lipinski definition) is 2. The van der Waals surface area contributed by atoms with Gasteiger partial charge in [0.25, 0.3) is 0 Å². The molecule has 0 amide bonds. The van der Waals surface area contributed by atoms with E-state index >= 15 is 0 Å². The van der Waals surface area contributed by atoms with Crippen LogP contribution >= 0.6 is 0 Å². The van der Waals surface area contributed by atoms with Crippen molar-refractivity contribution in [1.82, 2.24) is 0 Å². The summed E-state index contributed by atoms with van der Waals surface area (Å²) in [7, 11) is 0. The molecular formula is C10H7F2NO. The van der Waals surface area contributed by atoms with Crippen LogP contribution in [-0.4, -0.2) is 11.7 Å². The number of fused-ring (bicyclic) bond motifs is 1. The molecule has 0 aromatic heterocycles. The van der Waals surface area contributed by atoms with Gasteiger partial charge in [0.05, 0.1) is 0 Å². The van der Waals surface area contributed by atoms with Gasteiger partial charge in [0, 0.05) is 23.5 Å². The molecule has 0 spiro atoms. The van der Waals surface area contributed by atoms with E-state index in [-0.39, 0.29) is 5.56 Å². The molecule has 0 saturated carbocycles. The van der Waals surface area contributed by atoms with Gasteiger partial charge in [0.15, 0.2) is 0 Å². The minimum Gasteiger partial charge on any atom is -0.361 e. The minimum absolute atomic E-state index is 0.0162. The highest BCUT2D eigenvalue weighted by Crippen LogP contribution is 2.28. The number of nitrogens with one attached hydrogen (secondary N) is 1. The Kier molecular flexibility index (Phi) is 1.84. The zero-order chi connectivity index (χ0) is 10.2. The van der Waals surface area contributed by atoms with Gasteiger partial charge in [-0.3, -0.25) is 4.79 Å². The van der Waals surface area contributed by atoms with E-state index in [1.807, 2.05) is 0 Å². The van der Waals surface area contributed by atoms with Crippen LogP contribution in [0.2, 0.25) is 0 Å². The fourth-order valence-electron chi connectivity index (χ4n) is 1.30. The Hall–Kier alpha value is -1.71. The second-order valence-corrected chi connectivity index (χ2v) is 2.98. The molecule has 1 aliphatic rings. The van der Waals surface area contributed by atoms with Gasteiger partial charge in [-0.1, -0.05) is 12.1 Å². The molecule has 1 aromatic rings.